The van der Waals surface area contributed by atoms with Crippen LogP contribution in [0.15, 0.2) is 22.1 Å². The van der Waals surface area contributed by atoms with Crippen LogP contribution in [0.1, 0.15) is 6.42 Å². The minimum absolute atomic E-state index is 0.00904. The summed E-state index contributed by atoms with van der Waals surface area (Å²) < 4.78 is 1.68. The Hall–Kier alpha value is 0.664. The molecule has 102 valence electrons. The van der Waals surface area contributed by atoms with Gasteiger partial charge < -0.3 is 5.11 Å². The van der Waals surface area contributed by atoms with E-state index in [0.29, 0.717) is 19.2 Å². The fraction of sp³-hybridized carbons (Fsp3) is 0.167. The molecule has 0 saturated carbocycles. The van der Waals surface area contributed by atoms with E-state index in [1.807, 2.05) is 0 Å². The van der Waals surface area contributed by atoms with Gasteiger partial charge in [-0.15, -0.1) is 0 Å². The summed E-state index contributed by atoms with van der Waals surface area (Å²) in [6.45, 7) is 0. The van der Waals surface area contributed by atoms with Gasteiger partial charge in [-0.25, -0.2) is 0 Å². The van der Waals surface area contributed by atoms with Gasteiger partial charge in [0, 0.05) is 0 Å². The Morgan fingerprint density at radius 1 is 0.947 bits per heavy atom. The number of halogens is 5. The first kappa shape index (κ1) is 17.7. The average Bonchev–Trinajstić information content (AvgIpc) is 2.95. The maximum atomic E-state index is 9.20. The van der Waals surface area contributed by atoms with Gasteiger partial charge in [0.25, 0.3) is 0 Å². The fourth-order valence-electron chi connectivity index (χ4n) is 1.23. The van der Waals surface area contributed by atoms with Crippen molar-refractivity contribution in [2.45, 2.75) is 11.6 Å². The fourth-order valence-corrected chi connectivity index (χ4v) is 3.27. The van der Waals surface area contributed by atoms with Gasteiger partial charge in [0.2, 0.25) is 0 Å². The van der Waals surface area contributed by atoms with Gasteiger partial charge in [-0.05, 0) is 0 Å². The molecule has 0 fully saturated rings. The van der Waals surface area contributed by atoms with Crippen molar-refractivity contribution in [3.63, 3.8) is 0 Å². The molecular formula is C12H9Cl5OTi. The van der Waals surface area contributed by atoms with E-state index < -0.39 is 0 Å². The summed E-state index contributed by atoms with van der Waals surface area (Å²) in [6, 6.07) is 0. The molecule has 2 rings (SSSR count). The molecule has 0 aliphatic heterocycles. The summed E-state index contributed by atoms with van der Waals surface area (Å²) >= 11 is 28.2. The molecule has 0 aromatic heterocycles. The van der Waals surface area contributed by atoms with Crippen LogP contribution in [-0.4, -0.2) is 5.11 Å². The molecule has 0 bridgehead atoms. The SMILES string of the molecule is Oc1c(Cl)c(Cl)c(Cl)c(Cl)c1Cl.[CH3][Ti][C]1=CC=CC1. The van der Waals surface area contributed by atoms with Crippen LogP contribution in [0.5, 0.6) is 5.75 Å². The second kappa shape index (κ2) is 8.19. The molecule has 0 spiro atoms. The Kier molecular flexibility index (Phi) is 7.64. The van der Waals surface area contributed by atoms with Gasteiger partial charge in [-0.3, -0.25) is 0 Å². The second-order valence-corrected chi connectivity index (χ2v) is 7.17. The van der Waals surface area contributed by atoms with E-state index in [0.717, 1.165) is 0 Å². The summed E-state index contributed by atoms with van der Waals surface area (Å²) in [7, 11) is 0. The van der Waals surface area contributed by atoms with Crippen molar-refractivity contribution in [3.8, 4) is 5.75 Å². The quantitative estimate of drug-likeness (QED) is 0.322. The standard InChI is InChI=1S/C6HCl5O.C5H5.CH3.Ti/c7-1-2(8)4(10)6(12)5(11)3(1)9;1-2-4-5-3-1;;/h12H;1-3H,4H2;1H3;. The van der Waals surface area contributed by atoms with Crippen LogP contribution in [0.4, 0.5) is 0 Å². The predicted molar refractivity (Wildman–Crippen MR) is 80.9 cm³/mol. The minimum atomic E-state index is -0.363. The number of hydrogen-bond acceptors (Lipinski definition) is 1. The van der Waals surface area contributed by atoms with Crippen molar-refractivity contribution in [3.05, 3.63) is 47.2 Å². The molecule has 1 N–H and O–H groups in total. The molecule has 0 unspecified atom stereocenters. The molecule has 1 aliphatic rings. The number of benzene rings is 1. The zero-order chi connectivity index (χ0) is 14.6. The Labute approximate surface area is 146 Å². The third-order valence-electron chi connectivity index (χ3n) is 2.28. The Morgan fingerprint density at radius 2 is 1.42 bits per heavy atom. The van der Waals surface area contributed by atoms with Crippen LogP contribution in [0, 0.1) is 0 Å². The van der Waals surface area contributed by atoms with Crippen molar-refractivity contribution in [1.29, 1.82) is 0 Å². The van der Waals surface area contributed by atoms with Crippen LogP contribution >= 0.6 is 58.0 Å². The molecule has 1 aromatic rings. The number of phenols is 1. The zero-order valence-corrected chi connectivity index (χ0v) is 15.1. The molecule has 19 heavy (non-hydrogen) atoms. The van der Waals surface area contributed by atoms with Gasteiger partial charge in [-0.2, -0.15) is 0 Å². The van der Waals surface area contributed by atoms with E-state index in [1.165, 1.54) is 6.42 Å². The van der Waals surface area contributed by atoms with Crippen molar-refractivity contribution in [1.82, 2.24) is 0 Å². The van der Waals surface area contributed by atoms with Crippen LogP contribution in [0.25, 0.3) is 0 Å². The summed E-state index contributed by atoms with van der Waals surface area (Å²) in [6.07, 6.45) is 7.88. The molecule has 0 amide bonds. The van der Waals surface area contributed by atoms with Gasteiger partial charge in [-0.1, -0.05) is 58.0 Å². The first-order valence-corrected chi connectivity index (χ1v) is 9.37. The van der Waals surface area contributed by atoms with E-state index >= 15 is 0 Å². The third-order valence-corrected chi connectivity index (χ3v) is 6.12. The van der Waals surface area contributed by atoms with Crippen LogP contribution in [0.3, 0.4) is 0 Å². The van der Waals surface area contributed by atoms with Crippen LogP contribution < -0.4 is 0 Å². The molecular weight excluding hydrogens is 385 g/mol. The predicted octanol–water partition coefficient (Wildman–Crippen LogP) is 6.62. The average molecular weight is 394 g/mol. The van der Waals surface area contributed by atoms with Crippen LogP contribution in [-0.2, 0) is 19.2 Å². The maximum absolute atomic E-state index is 9.20. The molecule has 0 saturated heterocycles. The van der Waals surface area contributed by atoms with E-state index in [2.05, 4.69) is 23.5 Å². The second-order valence-electron chi connectivity index (χ2n) is 3.49. The van der Waals surface area contributed by atoms with E-state index in [-0.39, 0.29) is 30.9 Å². The molecule has 1 aromatic carbocycles. The van der Waals surface area contributed by atoms with Crippen LogP contribution in [0.2, 0.25) is 30.3 Å². The molecule has 0 atom stereocenters. The third kappa shape index (κ3) is 4.57. The molecule has 1 aliphatic carbocycles. The van der Waals surface area contributed by atoms with Crippen molar-refractivity contribution in [2.24, 2.45) is 0 Å². The summed E-state index contributed by atoms with van der Waals surface area (Å²) in [5.41, 5.74) is 0. The number of rotatable bonds is 1. The summed E-state index contributed by atoms with van der Waals surface area (Å²) in [5, 5.41) is 11.3. The first-order chi connectivity index (χ1) is 8.90. The number of hydrogen-bond donors (Lipinski definition) is 1. The number of phenolic OH excluding ortho intramolecular Hbond substituents is 1. The monoisotopic (exact) mass is 392 g/mol. The normalized spacial score (nSPS) is 12.8. The molecule has 7 heteroatoms. The summed E-state index contributed by atoms with van der Waals surface area (Å²) in [4.78, 5) is 0. The molecule has 1 nitrogen and oxygen atoms in total. The molecule has 0 heterocycles. The number of aromatic hydroxyl groups is 1. The number of allylic oxidation sites excluding steroid dienone is 4. The van der Waals surface area contributed by atoms with Crippen molar-refractivity contribution < 1.29 is 24.3 Å². The van der Waals surface area contributed by atoms with Gasteiger partial charge >= 0.3 is 52.9 Å². The van der Waals surface area contributed by atoms with Gasteiger partial charge in [0.15, 0.2) is 5.75 Å². The van der Waals surface area contributed by atoms with E-state index in [9.17, 15) is 5.11 Å². The summed E-state index contributed by atoms with van der Waals surface area (Å²) in [5.74, 6) is -0.363. The zero-order valence-electron chi connectivity index (χ0n) is 9.78. The topological polar surface area (TPSA) is 20.2 Å². The van der Waals surface area contributed by atoms with Gasteiger partial charge in [0.1, 0.15) is 10.0 Å². The molecule has 0 radical (unpaired) electrons. The van der Waals surface area contributed by atoms with Crippen molar-refractivity contribution >= 4 is 58.0 Å². The van der Waals surface area contributed by atoms with E-state index in [4.69, 9.17) is 58.0 Å². The first-order valence-electron chi connectivity index (χ1n) is 5.14. The Balaban J connectivity index is 0.000000218. The van der Waals surface area contributed by atoms with E-state index in [1.54, 1.807) is 3.88 Å². The van der Waals surface area contributed by atoms with Gasteiger partial charge in [0.05, 0.1) is 15.1 Å². The Morgan fingerprint density at radius 3 is 1.74 bits per heavy atom. The Bertz CT molecular complexity index is 434. The van der Waals surface area contributed by atoms with Crippen molar-refractivity contribution in [2.75, 3.05) is 0 Å².